The average Bonchev–Trinajstić information content (AvgIpc) is 3.65. The van der Waals surface area contributed by atoms with E-state index in [9.17, 15) is 4.79 Å². The third kappa shape index (κ3) is 5.03. The van der Waals surface area contributed by atoms with Gasteiger partial charge in [-0.25, -0.2) is 9.97 Å². The largest absolute Gasteiger partial charge is 0.342 e. The number of benzene rings is 1. The Morgan fingerprint density at radius 2 is 1.98 bits per heavy atom. The molecule has 0 spiro atoms. The van der Waals surface area contributed by atoms with Gasteiger partial charge in [-0.2, -0.15) is 10.1 Å². The fraction of sp³-hybridized carbons (Fsp3) is 0.419. The lowest BCUT2D eigenvalue weighted by Gasteiger charge is -2.19. The number of amides is 1. The Hall–Kier alpha value is -4.34. The monoisotopic (exact) mass is 552 g/mol. The molecule has 0 radical (unpaired) electrons. The van der Waals surface area contributed by atoms with Crippen LogP contribution in [0.15, 0.2) is 41.2 Å². The molecule has 2 N–H and O–H groups in total. The van der Waals surface area contributed by atoms with E-state index in [1.54, 1.807) is 6.20 Å². The Bertz CT molecular complexity index is 1740. The van der Waals surface area contributed by atoms with E-state index in [-0.39, 0.29) is 29.2 Å². The molecule has 10 nitrogen and oxygen atoms in total. The number of aromatic amines is 1. The molecule has 0 saturated carbocycles. The highest BCUT2D eigenvalue weighted by Crippen LogP contribution is 2.35. The molecule has 1 aliphatic rings. The van der Waals surface area contributed by atoms with E-state index in [1.807, 2.05) is 37.7 Å². The van der Waals surface area contributed by atoms with E-state index in [1.165, 1.54) is 5.56 Å². The topological polar surface area (TPSA) is 127 Å². The number of aryl methyl sites for hydroxylation is 1. The summed E-state index contributed by atoms with van der Waals surface area (Å²) in [5, 5.41) is 11.6. The molecule has 0 saturated heterocycles. The normalized spacial score (nSPS) is 15.7. The quantitative estimate of drug-likeness (QED) is 0.247. The van der Waals surface area contributed by atoms with Gasteiger partial charge in [0.05, 0.1) is 23.3 Å². The maximum Gasteiger partial charge on any atom is 0.293 e. The van der Waals surface area contributed by atoms with Crippen molar-refractivity contribution in [3.63, 3.8) is 0 Å². The number of aromatic nitrogens is 7. The van der Waals surface area contributed by atoms with Crippen molar-refractivity contribution in [2.45, 2.75) is 84.7 Å². The molecule has 212 valence electrons. The van der Waals surface area contributed by atoms with Crippen molar-refractivity contribution < 1.29 is 9.32 Å². The van der Waals surface area contributed by atoms with Crippen molar-refractivity contribution in [1.29, 1.82) is 0 Å². The van der Waals surface area contributed by atoms with Crippen molar-refractivity contribution in [3.05, 3.63) is 65.2 Å². The molecule has 1 atom stereocenters. The summed E-state index contributed by atoms with van der Waals surface area (Å²) >= 11 is 0. The van der Waals surface area contributed by atoms with Gasteiger partial charge < -0.3 is 14.8 Å². The number of fused-ring (bicyclic) bond motifs is 2. The fourth-order valence-corrected chi connectivity index (χ4v) is 5.60. The second kappa shape index (κ2) is 10.2. The lowest BCUT2D eigenvalue weighted by molar-refractivity contribution is 0.0921. The predicted octanol–water partition coefficient (Wildman–Crippen LogP) is 6.26. The van der Waals surface area contributed by atoms with Gasteiger partial charge in [0.2, 0.25) is 5.89 Å². The molecule has 4 heterocycles. The molecular weight excluding hydrogens is 516 g/mol. The minimum Gasteiger partial charge on any atom is -0.342 e. The van der Waals surface area contributed by atoms with Crippen LogP contribution in [0.4, 0.5) is 0 Å². The van der Waals surface area contributed by atoms with Crippen LogP contribution in [-0.2, 0) is 11.8 Å². The maximum absolute atomic E-state index is 13.1. The minimum absolute atomic E-state index is 0.0701. The first-order valence-corrected chi connectivity index (χ1v) is 14.3. The molecule has 1 aromatic carbocycles. The van der Waals surface area contributed by atoms with E-state index < -0.39 is 0 Å². The number of imidazole rings is 1. The highest BCUT2D eigenvalue weighted by atomic mass is 16.5. The first-order chi connectivity index (χ1) is 19.6. The molecule has 10 heteroatoms. The van der Waals surface area contributed by atoms with Crippen molar-refractivity contribution >= 4 is 17.1 Å². The van der Waals surface area contributed by atoms with Crippen LogP contribution in [0.25, 0.3) is 33.7 Å². The number of hydrogen-bond acceptors (Lipinski definition) is 7. The van der Waals surface area contributed by atoms with E-state index in [0.29, 0.717) is 11.5 Å². The molecule has 0 fully saturated rings. The Kier molecular flexibility index (Phi) is 6.71. The summed E-state index contributed by atoms with van der Waals surface area (Å²) in [6.45, 7) is 12.2. The van der Waals surface area contributed by atoms with Crippen molar-refractivity contribution in [1.82, 2.24) is 40.2 Å². The lowest BCUT2D eigenvalue weighted by atomic mass is 9.94. The average molecular weight is 553 g/mol. The maximum atomic E-state index is 13.1. The highest BCUT2D eigenvalue weighted by molar-refractivity contribution is 5.92. The minimum atomic E-state index is -0.320. The molecule has 6 rings (SSSR count). The van der Waals surface area contributed by atoms with Crippen molar-refractivity contribution in [3.8, 4) is 22.5 Å². The molecule has 1 amide bonds. The van der Waals surface area contributed by atoms with Gasteiger partial charge in [0.25, 0.3) is 11.7 Å². The number of nitrogens with zero attached hydrogens (tertiary/aromatic N) is 6. The van der Waals surface area contributed by atoms with Crippen LogP contribution in [0.2, 0.25) is 0 Å². The van der Waals surface area contributed by atoms with Gasteiger partial charge >= 0.3 is 0 Å². The number of hydrogen-bond donors (Lipinski definition) is 2. The second-order valence-electron chi connectivity index (χ2n) is 12.2. The van der Waals surface area contributed by atoms with Crippen LogP contribution >= 0.6 is 0 Å². The number of rotatable bonds is 5. The summed E-state index contributed by atoms with van der Waals surface area (Å²) in [6, 6.07) is 8.66. The number of nitrogens with one attached hydrogen (secondary N) is 2. The number of H-pyrrole nitrogens is 1. The summed E-state index contributed by atoms with van der Waals surface area (Å²) in [7, 11) is 0. The van der Waals surface area contributed by atoms with Crippen LogP contribution in [0.1, 0.15) is 99.3 Å². The van der Waals surface area contributed by atoms with E-state index in [0.717, 1.165) is 65.0 Å². The molecule has 5 aromatic rings. The molecule has 1 aliphatic carbocycles. The first-order valence-electron chi connectivity index (χ1n) is 14.3. The summed E-state index contributed by atoms with van der Waals surface area (Å²) in [5.41, 5.74) is 7.76. The summed E-state index contributed by atoms with van der Waals surface area (Å²) in [4.78, 5) is 30.3. The van der Waals surface area contributed by atoms with Gasteiger partial charge in [-0.15, -0.1) is 0 Å². The van der Waals surface area contributed by atoms with E-state index in [4.69, 9.17) is 9.51 Å². The third-order valence-corrected chi connectivity index (χ3v) is 7.78. The van der Waals surface area contributed by atoms with Gasteiger partial charge in [0.1, 0.15) is 5.82 Å². The Morgan fingerprint density at radius 3 is 2.71 bits per heavy atom. The van der Waals surface area contributed by atoms with Crippen molar-refractivity contribution in [2.75, 3.05) is 0 Å². The smallest absolute Gasteiger partial charge is 0.293 e. The molecule has 4 aromatic heterocycles. The van der Waals surface area contributed by atoms with Crippen LogP contribution < -0.4 is 5.32 Å². The van der Waals surface area contributed by atoms with Crippen molar-refractivity contribution in [2.24, 2.45) is 0 Å². The first kappa shape index (κ1) is 26.9. The highest BCUT2D eigenvalue weighted by Gasteiger charge is 2.27. The van der Waals surface area contributed by atoms with E-state index in [2.05, 4.69) is 69.5 Å². The zero-order chi connectivity index (χ0) is 28.9. The zero-order valence-corrected chi connectivity index (χ0v) is 24.4. The summed E-state index contributed by atoms with van der Waals surface area (Å²) in [6.07, 6.45) is 7.54. The zero-order valence-electron chi connectivity index (χ0n) is 24.4. The predicted molar refractivity (Wildman–Crippen MR) is 156 cm³/mol. The molecule has 41 heavy (non-hydrogen) atoms. The second-order valence-corrected chi connectivity index (χ2v) is 12.2. The fourth-order valence-electron chi connectivity index (χ4n) is 5.60. The SMILES string of the molecule is Cc1c(-c2nc3nccc(-c4ccc5c(c4)CCCC[C@@H]5NC(=O)c4noc(C(C)(C)C)n4)c3[nH]2)cnn1C(C)C. The summed E-state index contributed by atoms with van der Waals surface area (Å²) in [5.74, 6) is 0.963. The van der Waals surface area contributed by atoms with Gasteiger partial charge in [-0.3, -0.25) is 9.48 Å². The molecule has 0 aliphatic heterocycles. The van der Waals surface area contributed by atoms with Crippen LogP contribution in [0.5, 0.6) is 0 Å². The van der Waals surface area contributed by atoms with Crippen LogP contribution in [0.3, 0.4) is 0 Å². The number of carbonyl (C=O) groups is 1. The lowest BCUT2D eigenvalue weighted by Crippen LogP contribution is -2.29. The molecular formula is C31H36N8O2. The summed E-state index contributed by atoms with van der Waals surface area (Å²) < 4.78 is 7.34. The van der Waals surface area contributed by atoms with Gasteiger partial charge in [-0.1, -0.05) is 50.5 Å². The van der Waals surface area contributed by atoms with E-state index >= 15 is 0 Å². The number of carbonyl (C=O) groups excluding carboxylic acids is 1. The van der Waals surface area contributed by atoms with Crippen LogP contribution in [0, 0.1) is 6.92 Å². The number of pyridine rings is 1. The third-order valence-electron chi connectivity index (χ3n) is 7.78. The Balaban J connectivity index is 1.31. The molecule has 0 unspecified atom stereocenters. The van der Waals surface area contributed by atoms with Gasteiger partial charge in [0.15, 0.2) is 5.65 Å². The Labute approximate surface area is 239 Å². The molecule has 0 bridgehead atoms. The van der Waals surface area contributed by atoms with Gasteiger partial charge in [-0.05, 0) is 62.8 Å². The van der Waals surface area contributed by atoms with Crippen LogP contribution in [-0.4, -0.2) is 40.8 Å². The Morgan fingerprint density at radius 1 is 1.15 bits per heavy atom. The van der Waals surface area contributed by atoms with Gasteiger partial charge in [0, 0.05) is 28.9 Å². The standard InChI is InChI=1S/C31H36N8O2/c1-17(2)39-18(3)23(16-33-39)26-35-25-22(13-14-32-27(25)36-26)20-11-12-21-19(15-20)9-7-8-10-24(21)34-29(40)28-37-30(41-38-28)31(4,5)6/h11-17,24H,7-10H2,1-6H3,(H,34,40)(H,32,35,36)/t24-/m0/s1.